The molecule has 0 saturated carbocycles. The Morgan fingerprint density at radius 3 is 2.49 bits per heavy atom. The average molecular weight is 521 g/mol. The van der Waals surface area contributed by atoms with Crippen LogP contribution in [0, 0.1) is 13.8 Å². The molecular formula is C25H19F3N8S. The van der Waals surface area contributed by atoms with E-state index in [1.165, 1.54) is 12.4 Å². The summed E-state index contributed by atoms with van der Waals surface area (Å²) >= 11 is 5.34. The fourth-order valence-electron chi connectivity index (χ4n) is 3.87. The third kappa shape index (κ3) is 4.96. The Morgan fingerprint density at radius 2 is 1.78 bits per heavy atom. The standard InChI is InChI=1S/C25H19F3N8S/c1-14-4-3-5-15(2)22(14)32-24(37)35-30-12-16-6-7-17-18(31-16)8-9-19-23(17)29-13-36(19)21-11-10-20(33-34-21)25(26,27)28/h3-13H,1-2H3,(H2,32,35,37)/b30-12+. The van der Waals surface area contributed by atoms with E-state index in [4.69, 9.17) is 12.2 Å². The molecule has 2 N–H and O–H groups in total. The molecule has 0 aliphatic rings. The lowest BCUT2D eigenvalue weighted by Crippen LogP contribution is -2.24. The van der Waals surface area contributed by atoms with Crippen LogP contribution in [0.3, 0.4) is 0 Å². The van der Waals surface area contributed by atoms with E-state index in [2.05, 4.69) is 36.0 Å². The molecule has 3 aromatic heterocycles. The van der Waals surface area contributed by atoms with Gasteiger partial charge in [-0.1, -0.05) is 18.2 Å². The van der Waals surface area contributed by atoms with Crippen molar-refractivity contribution in [1.29, 1.82) is 0 Å². The number of alkyl halides is 3. The summed E-state index contributed by atoms with van der Waals surface area (Å²) in [4.78, 5) is 9.02. The van der Waals surface area contributed by atoms with Crippen LogP contribution in [0.15, 0.2) is 66.0 Å². The van der Waals surface area contributed by atoms with E-state index in [0.29, 0.717) is 27.4 Å². The quantitative estimate of drug-likeness (QED) is 0.188. The molecule has 8 nitrogen and oxygen atoms in total. The number of hydrazone groups is 1. The van der Waals surface area contributed by atoms with Crippen molar-refractivity contribution in [3.05, 3.63) is 83.4 Å². The van der Waals surface area contributed by atoms with Crippen LogP contribution in [0.1, 0.15) is 22.5 Å². The zero-order valence-electron chi connectivity index (χ0n) is 19.6. The van der Waals surface area contributed by atoms with E-state index >= 15 is 0 Å². The summed E-state index contributed by atoms with van der Waals surface area (Å²) in [7, 11) is 0. The van der Waals surface area contributed by atoms with Crippen molar-refractivity contribution in [2.45, 2.75) is 20.0 Å². The smallest absolute Gasteiger partial charge is 0.331 e. The summed E-state index contributed by atoms with van der Waals surface area (Å²) in [6, 6.07) is 15.3. The molecule has 37 heavy (non-hydrogen) atoms. The highest BCUT2D eigenvalue weighted by molar-refractivity contribution is 7.80. The lowest BCUT2D eigenvalue weighted by molar-refractivity contribution is -0.141. The minimum Gasteiger partial charge on any atom is -0.331 e. The van der Waals surface area contributed by atoms with Gasteiger partial charge < -0.3 is 5.32 Å². The van der Waals surface area contributed by atoms with Crippen LogP contribution < -0.4 is 10.7 Å². The zero-order chi connectivity index (χ0) is 26.2. The average Bonchev–Trinajstić information content (AvgIpc) is 3.30. The Bertz CT molecular complexity index is 1640. The molecule has 5 rings (SSSR count). The van der Waals surface area contributed by atoms with E-state index in [0.717, 1.165) is 28.3 Å². The number of aromatic nitrogens is 5. The van der Waals surface area contributed by atoms with Gasteiger partial charge in [0.25, 0.3) is 0 Å². The Labute approximate surface area is 214 Å². The number of para-hydroxylation sites is 1. The van der Waals surface area contributed by atoms with Crippen molar-refractivity contribution in [2.75, 3.05) is 5.32 Å². The zero-order valence-corrected chi connectivity index (χ0v) is 20.4. The van der Waals surface area contributed by atoms with E-state index in [-0.39, 0.29) is 5.82 Å². The molecular weight excluding hydrogens is 501 g/mol. The number of anilines is 1. The van der Waals surface area contributed by atoms with E-state index < -0.39 is 11.9 Å². The number of aryl methyl sites for hydroxylation is 2. The molecule has 0 radical (unpaired) electrons. The van der Waals surface area contributed by atoms with Crippen LogP contribution in [-0.4, -0.2) is 36.1 Å². The summed E-state index contributed by atoms with van der Waals surface area (Å²) in [5.74, 6) is 0.225. The number of thiocarbonyl (C=S) groups is 1. The van der Waals surface area contributed by atoms with E-state index in [9.17, 15) is 13.2 Å². The highest BCUT2D eigenvalue weighted by Gasteiger charge is 2.33. The molecule has 0 bridgehead atoms. The maximum Gasteiger partial charge on any atom is 0.435 e. The second-order valence-electron chi connectivity index (χ2n) is 8.22. The van der Waals surface area contributed by atoms with Crippen LogP contribution in [0.5, 0.6) is 0 Å². The van der Waals surface area contributed by atoms with Crippen molar-refractivity contribution < 1.29 is 13.2 Å². The van der Waals surface area contributed by atoms with Gasteiger partial charge in [0.1, 0.15) is 6.33 Å². The van der Waals surface area contributed by atoms with Crippen LogP contribution >= 0.6 is 12.2 Å². The van der Waals surface area contributed by atoms with Crippen molar-refractivity contribution in [3.8, 4) is 5.82 Å². The Morgan fingerprint density at radius 1 is 1.00 bits per heavy atom. The molecule has 3 heterocycles. The van der Waals surface area contributed by atoms with E-state index in [1.54, 1.807) is 29.0 Å². The van der Waals surface area contributed by atoms with Crippen molar-refractivity contribution >= 4 is 51.2 Å². The molecule has 0 aliphatic carbocycles. The van der Waals surface area contributed by atoms with Crippen LogP contribution in [-0.2, 0) is 6.18 Å². The number of imidazole rings is 1. The van der Waals surface area contributed by atoms with Gasteiger partial charge in [0.05, 0.1) is 28.5 Å². The lowest BCUT2D eigenvalue weighted by atomic mass is 10.1. The van der Waals surface area contributed by atoms with Gasteiger partial charge in [-0.25, -0.2) is 9.97 Å². The predicted octanol–water partition coefficient (Wildman–Crippen LogP) is 5.32. The van der Waals surface area contributed by atoms with Gasteiger partial charge in [0, 0.05) is 11.1 Å². The number of rotatable bonds is 4. The summed E-state index contributed by atoms with van der Waals surface area (Å²) in [6.07, 6.45) is -1.51. The predicted molar refractivity (Wildman–Crippen MR) is 140 cm³/mol. The van der Waals surface area contributed by atoms with Crippen molar-refractivity contribution in [2.24, 2.45) is 5.10 Å². The molecule has 0 aliphatic heterocycles. The summed E-state index contributed by atoms with van der Waals surface area (Å²) < 4.78 is 40.0. The van der Waals surface area contributed by atoms with Gasteiger partial charge in [-0.3, -0.25) is 9.99 Å². The summed E-state index contributed by atoms with van der Waals surface area (Å²) in [6.45, 7) is 3.99. The van der Waals surface area contributed by atoms with Gasteiger partial charge in [-0.15, -0.1) is 10.2 Å². The largest absolute Gasteiger partial charge is 0.435 e. The third-order valence-corrected chi connectivity index (χ3v) is 5.87. The second kappa shape index (κ2) is 9.54. The van der Waals surface area contributed by atoms with Gasteiger partial charge >= 0.3 is 6.18 Å². The number of nitrogens with one attached hydrogen (secondary N) is 2. The fourth-order valence-corrected chi connectivity index (χ4v) is 4.02. The normalized spacial score (nSPS) is 11.9. The molecule has 5 aromatic rings. The molecule has 0 spiro atoms. The number of pyridine rings is 1. The minimum absolute atomic E-state index is 0.225. The van der Waals surface area contributed by atoms with E-state index in [1.807, 2.05) is 38.1 Å². The first-order valence-corrected chi connectivity index (χ1v) is 11.5. The third-order valence-electron chi connectivity index (χ3n) is 5.68. The number of hydrogen-bond donors (Lipinski definition) is 2. The molecule has 0 unspecified atom stereocenters. The summed E-state index contributed by atoms with van der Waals surface area (Å²) in [5, 5.41) is 15.5. The topological polar surface area (TPSA) is 92.9 Å². The Hall–Kier alpha value is -4.45. The van der Waals surface area contributed by atoms with Crippen LogP contribution in [0.25, 0.3) is 27.8 Å². The maximum atomic E-state index is 12.8. The second-order valence-corrected chi connectivity index (χ2v) is 8.62. The highest BCUT2D eigenvalue weighted by atomic mass is 32.1. The number of nitrogens with zero attached hydrogens (tertiary/aromatic N) is 6. The first kappa shape index (κ1) is 24.3. The molecule has 186 valence electrons. The Kier molecular flexibility index (Phi) is 6.25. The first-order valence-electron chi connectivity index (χ1n) is 11.0. The maximum absolute atomic E-state index is 12.8. The molecule has 2 aromatic carbocycles. The Balaban J connectivity index is 1.34. The molecule has 0 saturated heterocycles. The minimum atomic E-state index is -4.55. The lowest BCUT2D eigenvalue weighted by Gasteiger charge is -2.12. The SMILES string of the molecule is Cc1cccc(C)c1NC(=S)N/N=C/c1ccc2c(ccc3c2ncn3-c2ccc(C(F)(F)F)nn2)n1. The number of fused-ring (bicyclic) bond motifs is 3. The highest BCUT2D eigenvalue weighted by Crippen LogP contribution is 2.28. The number of benzene rings is 2. The van der Waals surface area contributed by atoms with Gasteiger partial charge in [0.15, 0.2) is 16.6 Å². The molecule has 0 atom stereocenters. The molecule has 0 fully saturated rings. The molecule has 0 amide bonds. The van der Waals surface area contributed by atoms with Gasteiger partial charge in [-0.2, -0.15) is 18.3 Å². The van der Waals surface area contributed by atoms with Crippen molar-refractivity contribution in [3.63, 3.8) is 0 Å². The molecule has 12 heteroatoms. The summed E-state index contributed by atoms with van der Waals surface area (Å²) in [5.41, 5.74) is 7.39. The first-order chi connectivity index (χ1) is 17.7. The van der Waals surface area contributed by atoms with Gasteiger partial charge in [-0.05, 0) is 73.6 Å². The van der Waals surface area contributed by atoms with Crippen LogP contribution in [0.4, 0.5) is 18.9 Å². The monoisotopic (exact) mass is 520 g/mol. The van der Waals surface area contributed by atoms with Gasteiger partial charge in [0.2, 0.25) is 0 Å². The number of halogens is 3. The number of hydrogen-bond acceptors (Lipinski definition) is 6. The van der Waals surface area contributed by atoms with Crippen LogP contribution in [0.2, 0.25) is 0 Å². The van der Waals surface area contributed by atoms with Crippen molar-refractivity contribution in [1.82, 2.24) is 30.2 Å². The fraction of sp³-hybridized carbons (Fsp3) is 0.120.